The highest BCUT2D eigenvalue weighted by Crippen LogP contribution is 2.29. The molecule has 6 heteroatoms. The number of amides is 2. The maximum absolute atomic E-state index is 12.9. The van der Waals surface area contributed by atoms with Gasteiger partial charge in [-0.25, -0.2) is 4.79 Å². The van der Waals surface area contributed by atoms with Gasteiger partial charge < -0.3 is 15.3 Å². The Bertz CT molecular complexity index is 711. The first-order valence-corrected chi connectivity index (χ1v) is 8.55. The van der Waals surface area contributed by atoms with Gasteiger partial charge in [0.15, 0.2) is 0 Å². The molecule has 1 fully saturated rings. The van der Waals surface area contributed by atoms with Crippen LogP contribution >= 0.6 is 0 Å². The monoisotopic (exact) mass is 342 g/mol. The summed E-state index contributed by atoms with van der Waals surface area (Å²) in [7, 11) is 0. The van der Waals surface area contributed by atoms with Crippen LogP contribution in [0.1, 0.15) is 41.6 Å². The predicted molar refractivity (Wildman–Crippen MR) is 92.1 cm³/mol. The van der Waals surface area contributed by atoms with Gasteiger partial charge in [-0.15, -0.1) is 0 Å². The van der Waals surface area contributed by atoms with E-state index in [-0.39, 0.29) is 17.9 Å². The van der Waals surface area contributed by atoms with E-state index in [0.717, 1.165) is 5.56 Å². The highest BCUT2D eigenvalue weighted by Gasteiger charge is 2.43. The van der Waals surface area contributed by atoms with Gasteiger partial charge in [0.1, 0.15) is 12.1 Å². The predicted octanol–water partition coefficient (Wildman–Crippen LogP) is 1.89. The Morgan fingerprint density at radius 2 is 1.80 bits per heavy atom. The summed E-state index contributed by atoms with van der Waals surface area (Å²) in [4.78, 5) is 38.3. The third-order valence-corrected chi connectivity index (χ3v) is 4.91. The number of hydrogen-bond acceptors (Lipinski definition) is 3. The summed E-state index contributed by atoms with van der Waals surface area (Å²) in [5, 5.41) is 12.2. The first-order valence-electron chi connectivity index (χ1n) is 8.55. The fourth-order valence-electron chi connectivity index (χ4n) is 3.52. The SMILES string of the molecule is Cc1ccc(C(=O)N[C@H]2C/C=C\C[C@@H]3CC[C@@H](C(=O)O)N3C2=O)cc1. The van der Waals surface area contributed by atoms with E-state index in [1.807, 2.05) is 31.2 Å². The number of carbonyl (C=O) groups is 3. The molecule has 0 spiro atoms. The number of carboxylic acid groups (broad SMARTS) is 1. The maximum atomic E-state index is 12.9. The number of carbonyl (C=O) groups excluding carboxylic acids is 2. The van der Waals surface area contributed by atoms with E-state index in [2.05, 4.69) is 5.32 Å². The molecule has 1 aromatic rings. The summed E-state index contributed by atoms with van der Waals surface area (Å²) in [5.74, 6) is -1.61. The van der Waals surface area contributed by atoms with Crippen LogP contribution in [0.5, 0.6) is 0 Å². The zero-order valence-corrected chi connectivity index (χ0v) is 14.1. The Kier molecular flexibility index (Phi) is 4.88. The van der Waals surface area contributed by atoms with Crippen molar-refractivity contribution in [2.45, 2.75) is 50.7 Å². The van der Waals surface area contributed by atoms with Gasteiger partial charge in [-0.1, -0.05) is 29.8 Å². The van der Waals surface area contributed by atoms with E-state index in [1.54, 1.807) is 12.1 Å². The fourth-order valence-corrected chi connectivity index (χ4v) is 3.52. The van der Waals surface area contributed by atoms with Crippen LogP contribution in [0.25, 0.3) is 0 Å². The number of carboxylic acids is 1. The van der Waals surface area contributed by atoms with Gasteiger partial charge in [0.05, 0.1) is 0 Å². The molecule has 0 aliphatic carbocycles. The molecule has 2 heterocycles. The molecule has 2 amide bonds. The zero-order valence-electron chi connectivity index (χ0n) is 14.1. The van der Waals surface area contributed by atoms with Crippen molar-refractivity contribution >= 4 is 17.8 Å². The summed E-state index contributed by atoms with van der Waals surface area (Å²) in [6.45, 7) is 1.93. The molecule has 6 nitrogen and oxygen atoms in total. The molecule has 2 aliphatic heterocycles. The maximum Gasteiger partial charge on any atom is 0.326 e. The lowest BCUT2D eigenvalue weighted by molar-refractivity contribution is -0.150. The Hall–Kier alpha value is -2.63. The third-order valence-electron chi connectivity index (χ3n) is 4.91. The minimum atomic E-state index is -0.982. The molecular formula is C19H22N2O4. The van der Waals surface area contributed by atoms with Gasteiger partial charge in [0, 0.05) is 11.6 Å². The summed E-state index contributed by atoms with van der Waals surface area (Å²) < 4.78 is 0. The molecule has 1 aromatic carbocycles. The van der Waals surface area contributed by atoms with Gasteiger partial charge in [-0.3, -0.25) is 9.59 Å². The Labute approximate surface area is 146 Å². The quantitative estimate of drug-likeness (QED) is 0.821. The van der Waals surface area contributed by atoms with Crippen LogP contribution in [0.2, 0.25) is 0 Å². The number of benzene rings is 1. The van der Waals surface area contributed by atoms with Crippen molar-refractivity contribution in [3.8, 4) is 0 Å². The van der Waals surface area contributed by atoms with E-state index < -0.39 is 18.1 Å². The number of rotatable bonds is 3. The summed E-state index contributed by atoms with van der Waals surface area (Å²) in [6.07, 6.45) is 6.02. The molecule has 132 valence electrons. The van der Waals surface area contributed by atoms with Crippen molar-refractivity contribution in [3.05, 3.63) is 47.5 Å². The Morgan fingerprint density at radius 3 is 2.48 bits per heavy atom. The molecule has 0 unspecified atom stereocenters. The average molecular weight is 342 g/mol. The second-order valence-electron chi connectivity index (χ2n) is 6.67. The highest BCUT2D eigenvalue weighted by molar-refractivity contribution is 5.98. The summed E-state index contributed by atoms with van der Waals surface area (Å²) in [5.41, 5.74) is 1.53. The second-order valence-corrected chi connectivity index (χ2v) is 6.67. The molecule has 25 heavy (non-hydrogen) atoms. The van der Waals surface area contributed by atoms with Gasteiger partial charge in [0.25, 0.3) is 5.91 Å². The molecule has 0 aromatic heterocycles. The van der Waals surface area contributed by atoms with Crippen molar-refractivity contribution in [2.24, 2.45) is 0 Å². The van der Waals surface area contributed by atoms with Crippen LogP contribution < -0.4 is 5.32 Å². The summed E-state index contributed by atoms with van der Waals surface area (Å²) >= 11 is 0. The number of nitrogens with one attached hydrogen (secondary N) is 1. The van der Waals surface area contributed by atoms with E-state index in [4.69, 9.17) is 0 Å². The zero-order chi connectivity index (χ0) is 18.0. The molecule has 0 radical (unpaired) electrons. The highest BCUT2D eigenvalue weighted by atomic mass is 16.4. The third kappa shape index (κ3) is 3.57. The molecule has 0 saturated carbocycles. The molecule has 2 aliphatic rings. The normalized spacial score (nSPS) is 27.2. The smallest absolute Gasteiger partial charge is 0.326 e. The topological polar surface area (TPSA) is 86.7 Å². The van der Waals surface area contributed by atoms with Crippen LogP contribution in [0, 0.1) is 6.92 Å². The number of aliphatic carboxylic acids is 1. The number of fused-ring (bicyclic) bond motifs is 1. The van der Waals surface area contributed by atoms with Gasteiger partial charge in [-0.05, 0) is 44.7 Å². The molecule has 1 saturated heterocycles. The second kappa shape index (κ2) is 7.09. The first kappa shape index (κ1) is 17.2. The van der Waals surface area contributed by atoms with Gasteiger partial charge in [0.2, 0.25) is 5.91 Å². The van der Waals surface area contributed by atoms with E-state index in [9.17, 15) is 19.5 Å². The average Bonchev–Trinajstić information content (AvgIpc) is 2.99. The minimum Gasteiger partial charge on any atom is -0.480 e. The molecule has 3 rings (SSSR count). The van der Waals surface area contributed by atoms with Crippen molar-refractivity contribution in [1.82, 2.24) is 10.2 Å². The van der Waals surface area contributed by atoms with Crippen molar-refractivity contribution in [3.63, 3.8) is 0 Å². The van der Waals surface area contributed by atoms with Crippen molar-refractivity contribution in [1.29, 1.82) is 0 Å². The van der Waals surface area contributed by atoms with Crippen LogP contribution in [0.3, 0.4) is 0 Å². The largest absolute Gasteiger partial charge is 0.480 e. The van der Waals surface area contributed by atoms with E-state index >= 15 is 0 Å². The Balaban J connectivity index is 1.80. The van der Waals surface area contributed by atoms with Crippen molar-refractivity contribution in [2.75, 3.05) is 0 Å². The lowest BCUT2D eigenvalue weighted by Crippen LogP contribution is -2.54. The summed E-state index contributed by atoms with van der Waals surface area (Å²) in [6, 6.07) is 5.45. The van der Waals surface area contributed by atoms with Gasteiger partial charge >= 0.3 is 5.97 Å². The molecule has 3 atom stereocenters. The number of nitrogens with zero attached hydrogens (tertiary/aromatic N) is 1. The van der Waals surface area contributed by atoms with Crippen LogP contribution in [-0.4, -0.2) is 45.9 Å². The van der Waals surface area contributed by atoms with Crippen LogP contribution in [0.4, 0.5) is 0 Å². The standard InChI is InChI=1S/C19H22N2O4/c1-12-6-8-13(9-7-12)17(22)20-15-5-3-2-4-14-10-11-16(19(24)25)21(14)18(15)23/h2-3,6-9,14-16H,4-5,10-11H2,1H3,(H,20,22)(H,24,25)/b3-2-/t14-,15+,16+/m1/s1. The molecule has 2 N–H and O–H groups in total. The Morgan fingerprint density at radius 1 is 1.12 bits per heavy atom. The van der Waals surface area contributed by atoms with Crippen molar-refractivity contribution < 1.29 is 19.5 Å². The molecular weight excluding hydrogens is 320 g/mol. The van der Waals surface area contributed by atoms with Crippen LogP contribution in [0.15, 0.2) is 36.4 Å². The van der Waals surface area contributed by atoms with Crippen LogP contribution in [-0.2, 0) is 9.59 Å². The van der Waals surface area contributed by atoms with E-state index in [0.29, 0.717) is 31.2 Å². The minimum absolute atomic E-state index is 0.107. The number of hydrogen-bond donors (Lipinski definition) is 2. The lowest BCUT2D eigenvalue weighted by atomic mass is 10.0. The molecule has 0 bridgehead atoms. The first-order chi connectivity index (χ1) is 12.0. The van der Waals surface area contributed by atoms with E-state index in [1.165, 1.54) is 4.90 Å². The lowest BCUT2D eigenvalue weighted by Gasteiger charge is -2.32. The fraction of sp³-hybridized carbons (Fsp3) is 0.421. The van der Waals surface area contributed by atoms with Gasteiger partial charge in [-0.2, -0.15) is 0 Å². The number of aryl methyl sites for hydroxylation is 1.